The molecule has 1 amide bonds. The molecule has 2 aromatic carbocycles. The maximum atomic E-state index is 12.8. The molecule has 0 bridgehead atoms. The zero-order valence-electron chi connectivity index (χ0n) is 12.8. The van der Waals surface area contributed by atoms with Crippen LogP contribution in [0.15, 0.2) is 54.6 Å². The largest absolute Gasteiger partial charge is 0.448 e. The molecule has 0 unspecified atom stereocenters. The number of carbonyl (C=O) groups excluding carboxylic acids is 2. The number of hydrogen-bond donors (Lipinski definition) is 1. The van der Waals surface area contributed by atoms with Crippen molar-refractivity contribution >= 4 is 39.0 Å². The molecule has 0 spiro atoms. The van der Waals surface area contributed by atoms with Crippen LogP contribution in [0.5, 0.6) is 0 Å². The Morgan fingerprint density at radius 2 is 1.83 bits per heavy atom. The summed E-state index contributed by atoms with van der Waals surface area (Å²) in [6, 6.07) is 14.7. The van der Waals surface area contributed by atoms with Crippen LogP contribution in [0.1, 0.15) is 16.6 Å². The van der Waals surface area contributed by atoms with Crippen LogP contribution in [0.3, 0.4) is 0 Å². The summed E-state index contributed by atoms with van der Waals surface area (Å²) in [5.74, 6) is -1.41. The lowest BCUT2D eigenvalue weighted by Crippen LogP contribution is -2.29. The molecule has 0 aliphatic rings. The number of fused-ring (bicyclic) bond motifs is 1. The minimum Gasteiger partial charge on any atom is -0.448 e. The van der Waals surface area contributed by atoms with Crippen molar-refractivity contribution in [3.8, 4) is 0 Å². The van der Waals surface area contributed by atoms with Crippen LogP contribution in [-0.2, 0) is 9.53 Å². The van der Waals surface area contributed by atoms with E-state index < -0.39 is 23.8 Å². The molecule has 1 atom stereocenters. The van der Waals surface area contributed by atoms with Crippen molar-refractivity contribution in [3.05, 3.63) is 65.3 Å². The Kier molecular flexibility index (Phi) is 4.57. The minimum atomic E-state index is -0.965. The Hall–Kier alpha value is -2.73. The van der Waals surface area contributed by atoms with Crippen LogP contribution in [0.2, 0.25) is 0 Å². The molecule has 1 aromatic heterocycles. The number of hydrogen-bond acceptors (Lipinski definition) is 4. The lowest BCUT2D eigenvalue weighted by molar-refractivity contribution is -0.123. The molecule has 0 saturated carbocycles. The summed E-state index contributed by atoms with van der Waals surface area (Å²) in [7, 11) is 0. The number of rotatable bonds is 4. The number of esters is 1. The molecule has 122 valence electrons. The van der Waals surface area contributed by atoms with E-state index in [1.165, 1.54) is 42.5 Å². The zero-order chi connectivity index (χ0) is 17.1. The van der Waals surface area contributed by atoms with Gasteiger partial charge in [0, 0.05) is 10.4 Å². The van der Waals surface area contributed by atoms with Crippen LogP contribution in [0.25, 0.3) is 10.1 Å². The summed E-state index contributed by atoms with van der Waals surface area (Å²) >= 11 is 1.32. The second-order valence-electron chi connectivity index (χ2n) is 5.19. The van der Waals surface area contributed by atoms with Gasteiger partial charge in [0.1, 0.15) is 10.7 Å². The number of thiophene rings is 1. The average Bonchev–Trinajstić information content (AvgIpc) is 3.01. The van der Waals surface area contributed by atoms with E-state index >= 15 is 0 Å². The van der Waals surface area contributed by atoms with Gasteiger partial charge in [-0.2, -0.15) is 0 Å². The topological polar surface area (TPSA) is 55.4 Å². The van der Waals surface area contributed by atoms with Crippen LogP contribution in [-0.4, -0.2) is 18.0 Å². The molecule has 0 fully saturated rings. The van der Waals surface area contributed by atoms with Crippen LogP contribution in [0.4, 0.5) is 10.1 Å². The van der Waals surface area contributed by atoms with E-state index in [-0.39, 0.29) is 0 Å². The van der Waals surface area contributed by atoms with E-state index in [0.717, 1.165) is 10.1 Å². The van der Waals surface area contributed by atoms with Crippen molar-refractivity contribution in [3.63, 3.8) is 0 Å². The predicted octanol–water partition coefficient (Wildman–Crippen LogP) is 4.22. The van der Waals surface area contributed by atoms with Gasteiger partial charge in [0.2, 0.25) is 0 Å². The highest BCUT2D eigenvalue weighted by molar-refractivity contribution is 7.20. The summed E-state index contributed by atoms with van der Waals surface area (Å²) in [6.45, 7) is 1.49. The van der Waals surface area contributed by atoms with Crippen molar-refractivity contribution < 1.29 is 18.7 Å². The summed E-state index contributed by atoms with van der Waals surface area (Å²) in [4.78, 5) is 24.7. The molecule has 0 saturated heterocycles. The SMILES string of the molecule is C[C@H](OC(=O)c1cc2ccccc2s1)C(=O)Nc1ccc(F)cc1. The number of ether oxygens (including phenoxy) is 1. The smallest absolute Gasteiger partial charge is 0.349 e. The summed E-state index contributed by atoms with van der Waals surface area (Å²) in [5, 5.41) is 3.53. The van der Waals surface area contributed by atoms with Gasteiger partial charge in [0.15, 0.2) is 6.10 Å². The number of nitrogens with one attached hydrogen (secondary N) is 1. The van der Waals surface area contributed by atoms with Gasteiger partial charge in [-0.25, -0.2) is 9.18 Å². The minimum absolute atomic E-state index is 0.391. The number of carbonyl (C=O) groups is 2. The summed E-state index contributed by atoms with van der Waals surface area (Å²) in [5.41, 5.74) is 0.436. The normalized spacial score (nSPS) is 11.9. The lowest BCUT2D eigenvalue weighted by Gasteiger charge is -2.12. The molecular weight excluding hydrogens is 329 g/mol. The van der Waals surface area contributed by atoms with Gasteiger partial charge in [0.25, 0.3) is 5.91 Å². The first-order valence-electron chi connectivity index (χ1n) is 7.29. The fraction of sp³-hybridized carbons (Fsp3) is 0.111. The van der Waals surface area contributed by atoms with Crippen molar-refractivity contribution in [2.45, 2.75) is 13.0 Å². The molecule has 0 aliphatic carbocycles. The quantitative estimate of drug-likeness (QED) is 0.722. The molecule has 1 heterocycles. The molecule has 4 nitrogen and oxygen atoms in total. The van der Waals surface area contributed by atoms with E-state index in [9.17, 15) is 14.0 Å². The first kappa shape index (κ1) is 16.1. The fourth-order valence-electron chi connectivity index (χ4n) is 2.13. The van der Waals surface area contributed by atoms with E-state index in [1.807, 2.05) is 24.3 Å². The van der Waals surface area contributed by atoms with Gasteiger partial charge in [-0.05, 0) is 48.7 Å². The molecule has 24 heavy (non-hydrogen) atoms. The average molecular weight is 343 g/mol. The Balaban J connectivity index is 1.64. The van der Waals surface area contributed by atoms with Gasteiger partial charge in [-0.3, -0.25) is 4.79 Å². The number of anilines is 1. The maximum absolute atomic E-state index is 12.8. The monoisotopic (exact) mass is 343 g/mol. The Labute approximate surface area is 141 Å². The summed E-state index contributed by atoms with van der Waals surface area (Å²) in [6.07, 6.45) is -0.965. The molecule has 3 rings (SSSR count). The molecule has 0 aliphatic heterocycles. The first-order valence-corrected chi connectivity index (χ1v) is 8.10. The second kappa shape index (κ2) is 6.80. The third-order valence-corrected chi connectivity index (χ3v) is 4.49. The second-order valence-corrected chi connectivity index (χ2v) is 6.28. The van der Waals surface area contributed by atoms with Crippen LogP contribution < -0.4 is 5.32 Å². The predicted molar refractivity (Wildman–Crippen MR) is 91.7 cm³/mol. The molecule has 1 N–H and O–H groups in total. The third-order valence-electron chi connectivity index (χ3n) is 3.39. The van der Waals surface area contributed by atoms with Crippen LogP contribution >= 0.6 is 11.3 Å². The standard InChI is InChI=1S/C18H14FNO3S/c1-11(17(21)20-14-8-6-13(19)7-9-14)23-18(22)16-10-12-4-2-3-5-15(12)24-16/h2-11H,1H3,(H,20,21)/t11-/m0/s1. The first-order chi connectivity index (χ1) is 11.5. The van der Waals surface area contributed by atoms with Gasteiger partial charge in [0.05, 0.1) is 0 Å². The van der Waals surface area contributed by atoms with Gasteiger partial charge in [-0.1, -0.05) is 18.2 Å². The fourth-order valence-corrected chi connectivity index (χ4v) is 3.08. The molecular formula is C18H14FNO3S. The maximum Gasteiger partial charge on any atom is 0.349 e. The highest BCUT2D eigenvalue weighted by Crippen LogP contribution is 2.26. The van der Waals surface area contributed by atoms with Gasteiger partial charge < -0.3 is 10.1 Å². The van der Waals surface area contributed by atoms with Crippen molar-refractivity contribution in [2.24, 2.45) is 0 Å². The Morgan fingerprint density at radius 3 is 2.54 bits per heavy atom. The van der Waals surface area contributed by atoms with E-state index in [2.05, 4.69) is 5.32 Å². The van der Waals surface area contributed by atoms with Gasteiger partial charge >= 0.3 is 5.97 Å². The lowest BCUT2D eigenvalue weighted by atomic mass is 10.2. The van der Waals surface area contributed by atoms with E-state index in [0.29, 0.717) is 10.6 Å². The highest BCUT2D eigenvalue weighted by atomic mass is 32.1. The van der Waals surface area contributed by atoms with E-state index in [1.54, 1.807) is 6.07 Å². The van der Waals surface area contributed by atoms with Crippen molar-refractivity contribution in [1.29, 1.82) is 0 Å². The van der Waals surface area contributed by atoms with Gasteiger partial charge in [-0.15, -0.1) is 11.3 Å². The zero-order valence-corrected chi connectivity index (χ0v) is 13.6. The molecule has 0 radical (unpaired) electrons. The molecule has 6 heteroatoms. The molecule has 3 aromatic rings. The Bertz CT molecular complexity index is 856. The Morgan fingerprint density at radius 1 is 1.12 bits per heavy atom. The highest BCUT2D eigenvalue weighted by Gasteiger charge is 2.20. The van der Waals surface area contributed by atoms with Crippen molar-refractivity contribution in [1.82, 2.24) is 0 Å². The third kappa shape index (κ3) is 3.60. The number of amides is 1. The van der Waals surface area contributed by atoms with Crippen molar-refractivity contribution in [2.75, 3.05) is 5.32 Å². The van der Waals surface area contributed by atoms with E-state index in [4.69, 9.17) is 4.74 Å². The number of halogens is 1. The van der Waals surface area contributed by atoms with Crippen LogP contribution in [0, 0.1) is 5.82 Å². The summed E-state index contributed by atoms with van der Waals surface area (Å²) < 4.78 is 19.0. The number of benzene rings is 2.